The second-order valence-corrected chi connectivity index (χ2v) is 15.1. The fourth-order valence-corrected chi connectivity index (χ4v) is 7.05. The van der Waals surface area contributed by atoms with Crippen molar-refractivity contribution in [2.24, 2.45) is 10.8 Å². The van der Waals surface area contributed by atoms with Crippen LogP contribution in [0.25, 0.3) is 11.4 Å². The molecule has 1 aliphatic heterocycles. The summed E-state index contributed by atoms with van der Waals surface area (Å²) in [4.78, 5) is 33.6. The molecule has 1 saturated carbocycles. The molecule has 2 aliphatic carbocycles. The molecule has 1 unspecified atom stereocenters. The third kappa shape index (κ3) is 6.86. The summed E-state index contributed by atoms with van der Waals surface area (Å²) in [6.07, 6.45) is -3.41. The zero-order valence-electron chi connectivity index (χ0n) is 28.8. The van der Waals surface area contributed by atoms with Crippen molar-refractivity contribution in [1.29, 1.82) is 5.41 Å². The minimum absolute atomic E-state index is 0.0466. The van der Waals surface area contributed by atoms with Crippen LogP contribution in [0.4, 0.5) is 31.1 Å². The monoisotopic (exact) mass is 768 g/mol. The summed E-state index contributed by atoms with van der Waals surface area (Å²) in [5, 5.41) is 25.8. The van der Waals surface area contributed by atoms with Crippen molar-refractivity contribution < 1.29 is 40.7 Å². The summed E-state index contributed by atoms with van der Waals surface area (Å²) >= 11 is 6.41. The molecule has 20 heteroatoms. The van der Waals surface area contributed by atoms with Crippen molar-refractivity contribution >= 4 is 35.3 Å². The van der Waals surface area contributed by atoms with E-state index in [0.29, 0.717) is 0 Å². The van der Waals surface area contributed by atoms with E-state index in [9.17, 15) is 26.7 Å². The molecule has 3 aliphatic rings. The molecule has 3 aromatic rings. The number of alkyl halides is 5. The molecule has 1 saturated heterocycles. The molecule has 0 spiro atoms. The lowest BCUT2D eigenvalue weighted by Gasteiger charge is -2.46. The number of hydrogen-bond donors (Lipinski definition) is 3. The normalized spacial score (nSPS) is 23.4. The van der Waals surface area contributed by atoms with E-state index in [4.69, 9.17) is 21.7 Å². The third-order valence-electron chi connectivity index (χ3n) is 9.64. The van der Waals surface area contributed by atoms with Crippen LogP contribution < -0.4 is 10.6 Å². The molecule has 6 rings (SSSR count). The lowest BCUT2D eigenvalue weighted by Crippen LogP contribution is -2.60. The van der Waals surface area contributed by atoms with Crippen molar-refractivity contribution in [1.82, 2.24) is 45.3 Å². The van der Waals surface area contributed by atoms with Crippen molar-refractivity contribution in [3.05, 3.63) is 71.3 Å². The highest BCUT2D eigenvalue weighted by Gasteiger charge is 2.65. The van der Waals surface area contributed by atoms with Gasteiger partial charge in [-0.05, 0) is 54.9 Å². The first kappa shape index (κ1) is 37.8. The fraction of sp³-hybridized carbons (Fsp3) is 0.485. The number of benzene rings is 1. The topological polar surface area (TPSA) is 156 Å². The molecule has 0 bridgehead atoms. The van der Waals surface area contributed by atoms with E-state index in [1.807, 2.05) is 26.1 Å². The molecule has 0 radical (unpaired) electrons. The number of rotatable bonds is 10. The lowest BCUT2D eigenvalue weighted by molar-refractivity contribution is -0.164. The number of carbonyl (C=O) groups excluding carboxylic acids is 2. The van der Waals surface area contributed by atoms with E-state index in [1.165, 1.54) is 42.7 Å². The molecule has 13 nitrogen and oxygen atoms in total. The van der Waals surface area contributed by atoms with Gasteiger partial charge in [0, 0.05) is 5.41 Å². The number of ether oxygens (including phenoxy) is 1. The Morgan fingerprint density at radius 1 is 1.15 bits per heavy atom. The summed E-state index contributed by atoms with van der Waals surface area (Å²) in [6.45, 7) is 6.39. The zero-order valence-corrected chi connectivity index (χ0v) is 29.6. The van der Waals surface area contributed by atoms with Crippen LogP contribution in [0.2, 0.25) is 5.02 Å². The van der Waals surface area contributed by atoms with E-state index < -0.39 is 76.8 Å². The van der Waals surface area contributed by atoms with Crippen molar-refractivity contribution in [2.75, 3.05) is 6.61 Å². The first-order valence-electron chi connectivity index (χ1n) is 16.4. The number of hydrogen-bond acceptors (Lipinski definition) is 8. The number of nitrogens with zero attached hydrogens (tertiary/aromatic N) is 7. The van der Waals surface area contributed by atoms with Gasteiger partial charge in [-0.25, -0.2) is 27.6 Å². The van der Waals surface area contributed by atoms with Crippen LogP contribution in [0.5, 0.6) is 0 Å². The van der Waals surface area contributed by atoms with Gasteiger partial charge in [-0.2, -0.15) is 28.5 Å². The molecule has 284 valence electrons. The number of carbonyl (C=O) groups is 2. The van der Waals surface area contributed by atoms with Crippen LogP contribution in [-0.4, -0.2) is 76.5 Å². The van der Waals surface area contributed by atoms with Gasteiger partial charge in [-0.15, -0.1) is 4.80 Å². The van der Waals surface area contributed by atoms with Crippen molar-refractivity contribution in [3.8, 4) is 5.69 Å². The van der Waals surface area contributed by atoms with Crippen LogP contribution in [0.1, 0.15) is 77.2 Å². The molecule has 3 N–H and O–H groups in total. The third-order valence-corrected chi connectivity index (χ3v) is 9.96. The van der Waals surface area contributed by atoms with Crippen LogP contribution >= 0.6 is 11.6 Å². The molecular formula is C33H35ClF6N10O3. The number of aromatic nitrogens is 6. The second-order valence-electron chi connectivity index (χ2n) is 14.7. The quantitative estimate of drug-likeness (QED) is 0.194. The number of allylic oxidation sites excluding steroid dienone is 3. The molecule has 2 aromatic heterocycles. The Bertz CT molecular complexity index is 1990. The SMILES string of the molecule is CC(C)(C)C[C@]1(C2(C)C=C(F)C(n3nccn3)=CC2)NC(=N)N([C@H](COC(=O)NC2(C(F)(F)F)CC2)c2ccc(Cl)c(-n3ncnc3C(F)F)c2)C1=O. The Morgan fingerprint density at radius 2 is 1.83 bits per heavy atom. The summed E-state index contributed by atoms with van der Waals surface area (Å²) in [5.41, 5.74) is -6.11. The molecule has 2 amide bonds. The van der Waals surface area contributed by atoms with Crippen LogP contribution in [0, 0.1) is 16.2 Å². The summed E-state index contributed by atoms with van der Waals surface area (Å²) in [6, 6.07) is 2.51. The first-order valence-corrected chi connectivity index (χ1v) is 16.7. The van der Waals surface area contributed by atoms with E-state index in [1.54, 1.807) is 6.92 Å². The van der Waals surface area contributed by atoms with E-state index in [2.05, 4.69) is 25.6 Å². The summed E-state index contributed by atoms with van der Waals surface area (Å²) in [5.74, 6) is -2.73. The molecule has 2 fully saturated rings. The number of alkyl carbamates (subject to hydrolysis) is 1. The maximum Gasteiger partial charge on any atom is 0.411 e. The first-order chi connectivity index (χ1) is 24.7. The van der Waals surface area contributed by atoms with Gasteiger partial charge < -0.3 is 15.4 Å². The van der Waals surface area contributed by atoms with E-state index in [0.717, 1.165) is 20.7 Å². The van der Waals surface area contributed by atoms with Crippen molar-refractivity contribution in [3.63, 3.8) is 0 Å². The number of guanidine groups is 1. The van der Waals surface area contributed by atoms with E-state index in [-0.39, 0.29) is 47.7 Å². The Hall–Kier alpha value is -4.94. The Labute approximate surface area is 303 Å². The minimum Gasteiger partial charge on any atom is -0.447 e. The van der Waals surface area contributed by atoms with Gasteiger partial charge in [-0.3, -0.25) is 15.1 Å². The molecule has 1 aromatic carbocycles. The minimum atomic E-state index is -4.75. The van der Waals surface area contributed by atoms with Crippen LogP contribution in [0.15, 0.2) is 54.9 Å². The standard InChI is InChI=1S/C33H35ClF6N10O3/c1-29(2,3)16-32(30(4)8-7-21(20(35)14-30)50-43-11-12-44-50)26(51)48(27(41)46-32)23(15-53-28(52)47-31(9-10-31)33(38,39)40)18-5-6-19(34)22(13-18)49-25(24(36)37)42-17-45-49/h5-7,11-14,17,23-24H,8-10,15-16H2,1-4H3,(H2,41,46)(H,47,52)/t23-,30?,32+/m1/s1. The highest BCUT2D eigenvalue weighted by Crippen LogP contribution is 2.52. The maximum atomic E-state index is 15.9. The maximum absolute atomic E-state index is 15.9. The number of nitrogens with one attached hydrogen (secondary N) is 3. The summed E-state index contributed by atoms with van der Waals surface area (Å²) in [7, 11) is 0. The van der Waals surface area contributed by atoms with Gasteiger partial charge in [0.1, 0.15) is 35.5 Å². The van der Waals surface area contributed by atoms with Gasteiger partial charge in [0.05, 0.1) is 29.1 Å². The Kier molecular flexibility index (Phi) is 9.40. The van der Waals surface area contributed by atoms with E-state index >= 15 is 9.18 Å². The van der Waals surface area contributed by atoms with Crippen molar-refractivity contribution in [2.45, 2.75) is 83.1 Å². The lowest BCUT2D eigenvalue weighted by atomic mass is 9.61. The molecular weight excluding hydrogens is 734 g/mol. The van der Waals surface area contributed by atoms with Gasteiger partial charge in [0.2, 0.25) is 0 Å². The molecule has 3 heterocycles. The van der Waals surface area contributed by atoms with Crippen LogP contribution in [-0.2, 0) is 9.53 Å². The molecule has 3 atom stereocenters. The highest BCUT2D eigenvalue weighted by molar-refractivity contribution is 6.32. The van der Waals surface area contributed by atoms with Gasteiger partial charge >= 0.3 is 12.3 Å². The fourth-order valence-electron chi connectivity index (χ4n) is 6.85. The van der Waals surface area contributed by atoms with Gasteiger partial charge in [0.25, 0.3) is 12.3 Å². The largest absolute Gasteiger partial charge is 0.447 e. The molecule has 53 heavy (non-hydrogen) atoms. The second kappa shape index (κ2) is 13.2. The number of amides is 2. The van der Waals surface area contributed by atoms with Gasteiger partial charge in [-0.1, -0.05) is 51.4 Å². The highest BCUT2D eigenvalue weighted by atomic mass is 35.5. The Balaban J connectivity index is 1.42. The predicted molar refractivity (Wildman–Crippen MR) is 177 cm³/mol. The smallest absolute Gasteiger partial charge is 0.411 e. The van der Waals surface area contributed by atoms with Gasteiger partial charge in [0.15, 0.2) is 11.8 Å². The average molecular weight is 769 g/mol. The predicted octanol–water partition coefficient (Wildman–Crippen LogP) is 6.66. The zero-order chi connectivity index (χ0) is 38.7. The average Bonchev–Trinajstić information content (AvgIpc) is 3.36. The Morgan fingerprint density at radius 3 is 2.42 bits per heavy atom. The van der Waals surface area contributed by atoms with Crippen LogP contribution in [0.3, 0.4) is 0 Å². The summed E-state index contributed by atoms with van der Waals surface area (Å²) < 4.78 is 90.7. The number of halogens is 7.